The summed E-state index contributed by atoms with van der Waals surface area (Å²) in [6.07, 6.45) is 1.77. The van der Waals surface area contributed by atoms with Gasteiger partial charge in [-0.05, 0) is 49.8 Å². The van der Waals surface area contributed by atoms with Crippen LogP contribution in [0.25, 0.3) is 6.08 Å². The van der Waals surface area contributed by atoms with Crippen molar-refractivity contribution in [3.63, 3.8) is 0 Å². The fourth-order valence-electron chi connectivity index (χ4n) is 4.79. The minimum atomic E-state index is -0.770. The molecule has 42 heavy (non-hydrogen) atoms. The van der Waals surface area contributed by atoms with E-state index in [1.54, 1.807) is 52.3 Å². The summed E-state index contributed by atoms with van der Waals surface area (Å²) in [5, 5.41) is 0.622. The highest BCUT2D eigenvalue weighted by atomic mass is 35.5. The van der Waals surface area contributed by atoms with Crippen LogP contribution >= 0.6 is 22.9 Å². The van der Waals surface area contributed by atoms with Crippen LogP contribution in [-0.4, -0.2) is 31.4 Å². The Morgan fingerprint density at radius 1 is 1.02 bits per heavy atom. The summed E-state index contributed by atoms with van der Waals surface area (Å²) in [5.74, 6) is 1.07. The number of rotatable bonds is 9. The van der Waals surface area contributed by atoms with Crippen molar-refractivity contribution in [3.8, 4) is 17.2 Å². The number of hydrogen-bond acceptors (Lipinski definition) is 8. The molecule has 0 saturated heterocycles. The molecule has 0 radical (unpaired) electrons. The predicted octanol–water partition coefficient (Wildman–Crippen LogP) is 5.05. The molecule has 216 valence electrons. The van der Waals surface area contributed by atoms with Crippen molar-refractivity contribution in [2.24, 2.45) is 4.99 Å². The molecule has 5 rings (SSSR count). The first-order valence-electron chi connectivity index (χ1n) is 13.2. The van der Waals surface area contributed by atoms with Gasteiger partial charge in [0.15, 0.2) is 16.3 Å². The Balaban J connectivity index is 1.57. The number of esters is 1. The largest absolute Gasteiger partial charge is 0.496 e. The van der Waals surface area contributed by atoms with Gasteiger partial charge in [-0.1, -0.05) is 65.4 Å². The van der Waals surface area contributed by atoms with Crippen molar-refractivity contribution < 1.29 is 23.7 Å². The molecule has 2 heterocycles. The summed E-state index contributed by atoms with van der Waals surface area (Å²) < 4.78 is 24.5. The number of aromatic nitrogens is 1. The molecule has 0 aliphatic carbocycles. The number of para-hydroxylation sites is 1. The van der Waals surface area contributed by atoms with Crippen LogP contribution in [0, 0.1) is 0 Å². The second kappa shape index (κ2) is 12.7. The molecule has 10 heteroatoms. The monoisotopic (exact) mass is 604 g/mol. The minimum Gasteiger partial charge on any atom is -0.496 e. The fraction of sp³-hybridized carbons (Fsp3) is 0.219. The third-order valence-corrected chi connectivity index (χ3v) is 8.13. The lowest BCUT2D eigenvalue weighted by Gasteiger charge is -2.25. The molecule has 0 unspecified atom stereocenters. The normalized spacial score (nSPS) is 14.7. The van der Waals surface area contributed by atoms with Crippen LogP contribution in [0.1, 0.15) is 36.6 Å². The molecule has 8 nitrogen and oxygen atoms in total. The Morgan fingerprint density at radius 2 is 1.76 bits per heavy atom. The van der Waals surface area contributed by atoms with Gasteiger partial charge in [0.05, 0.1) is 36.6 Å². The number of benzene rings is 3. The number of ether oxygens (including phenoxy) is 4. The van der Waals surface area contributed by atoms with E-state index in [1.165, 1.54) is 15.9 Å². The molecule has 0 fully saturated rings. The Kier molecular flexibility index (Phi) is 8.80. The van der Waals surface area contributed by atoms with E-state index in [1.807, 2.05) is 48.5 Å². The number of halogens is 1. The molecular weight excluding hydrogens is 576 g/mol. The van der Waals surface area contributed by atoms with Crippen LogP contribution in [-0.2, 0) is 16.1 Å². The quantitative estimate of drug-likeness (QED) is 0.249. The van der Waals surface area contributed by atoms with E-state index in [0.717, 1.165) is 11.1 Å². The van der Waals surface area contributed by atoms with Crippen molar-refractivity contribution in [1.82, 2.24) is 4.57 Å². The van der Waals surface area contributed by atoms with Crippen LogP contribution in [0.5, 0.6) is 17.2 Å². The van der Waals surface area contributed by atoms with Crippen LogP contribution in [0.15, 0.2) is 87.8 Å². The first kappa shape index (κ1) is 29.2. The SMILES string of the molecule is CCOC(=O)C1=C(C)N=c2s/c(=C/c3ccc(OCc4ccccc4Cl)c(OC)c3)c(=O)n2[C@@H]1c1ccccc1OC. The maximum absolute atomic E-state index is 13.9. The number of carbonyl (C=O) groups excluding carboxylic acids is 1. The van der Waals surface area contributed by atoms with Gasteiger partial charge in [0.25, 0.3) is 5.56 Å². The summed E-state index contributed by atoms with van der Waals surface area (Å²) in [4.78, 5) is 32.2. The zero-order chi connectivity index (χ0) is 29.8. The number of thiazole rings is 1. The average Bonchev–Trinajstić information content (AvgIpc) is 3.30. The van der Waals surface area contributed by atoms with Gasteiger partial charge in [-0.3, -0.25) is 9.36 Å². The maximum atomic E-state index is 13.9. The third-order valence-electron chi connectivity index (χ3n) is 6.78. The van der Waals surface area contributed by atoms with E-state index in [9.17, 15) is 9.59 Å². The highest BCUT2D eigenvalue weighted by Gasteiger charge is 2.34. The van der Waals surface area contributed by atoms with Gasteiger partial charge in [-0.2, -0.15) is 0 Å². The van der Waals surface area contributed by atoms with E-state index in [4.69, 9.17) is 30.5 Å². The molecule has 0 spiro atoms. The van der Waals surface area contributed by atoms with Crippen molar-refractivity contribution in [2.45, 2.75) is 26.5 Å². The molecule has 0 bridgehead atoms. The second-order valence-electron chi connectivity index (χ2n) is 9.33. The molecule has 1 atom stereocenters. The van der Waals surface area contributed by atoms with Gasteiger partial charge in [-0.25, -0.2) is 9.79 Å². The van der Waals surface area contributed by atoms with E-state index in [-0.39, 0.29) is 18.8 Å². The Bertz CT molecular complexity index is 1860. The fourth-order valence-corrected chi connectivity index (χ4v) is 6.03. The van der Waals surface area contributed by atoms with E-state index in [2.05, 4.69) is 4.99 Å². The molecule has 3 aromatic carbocycles. The molecule has 0 amide bonds. The van der Waals surface area contributed by atoms with Crippen molar-refractivity contribution in [1.29, 1.82) is 0 Å². The number of methoxy groups -OCH3 is 2. The average molecular weight is 605 g/mol. The Labute approximate surface area is 251 Å². The zero-order valence-electron chi connectivity index (χ0n) is 23.5. The number of carbonyl (C=O) groups is 1. The summed E-state index contributed by atoms with van der Waals surface area (Å²) in [7, 11) is 3.11. The molecule has 1 aliphatic rings. The van der Waals surface area contributed by atoms with Gasteiger partial charge < -0.3 is 18.9 Å². The molecule has 1 aliphatic heterocycles. The predicted molar refractivity (Wildman–Crippen MR) is 162 cm³/mol. The van der Waals surface area contributed by atoms with Crippen LogP contribution in [0.3, 0.4) is 0 Å². The first-order chi connectivity index (χ1) is 20.4. The number of fused-ring (bicyclic) bond motifs is 1. The maximum Gasteiger partial charge on any atom is 0.338 e. The van der Waals surface area contributed by atoms with Crippen molar-refractivity contribution in [3.05, 3.63) is 119 Å². The van der Waals surface area contributed by atoms with Crippen molar-refractivity contribution in [2.75, 3.05) is 20.8 Å². The van der Waals surface area contributed by atoms with Crippen LogP contribution in [0.4, 0.5) is 0 Å². The molecule has 0 saturated carbocycles. The first-order valence-corrected chi connectivity index (χ1v) is 14.4. The molecule has 1 aromatic heterocycles. The van der Waals surface area contributed by atoms with Gasteiger partial charge in [-0.15, -0.1) is 0 Å². The summed E-state index contributed by atoms with van der Waals surface area (Å²) in [5.41, 5.74) is 2.74. The smallest absolute Gasteiger partial charge is 0.338 e. The van der Waals surface area contributed by atoms with Crippen LogP contribution < -0.4 is 29.1 Å². The van der Waals surface area contributed by atoms with E-state index < -0.39 is 12.0 Å². The Morgan fingerprint density at radius 3 is 2.50 bits per heavy atom. The van der Waals surface area contributed by atoms with Gasteiger partial charge >= 0.3 is 5.97 Å². The van der Waals surface area contributed by atoms with Gasteiger partial charge in [0, 0.05) is 16.1 Å². The van der Waals surface area contributed by atoms with Gasteiger partial charge in [0.2, 0.25) is 0 Å². The van der Waals surface area contributed by atoms with Crippen molar-refractivity contribution >= 4 is 35.0 Å². The topological polar surface area (TPSA) is 88.4 Å². The number of allylic oxidation sites excluding steroid dienone is 1. The van der Waals surface area contributed by atoms with Gasteiger partial charge in [0.1, 0.15) is 18.4 Å². The number of hydrogen-bond donors (Lipinski definition) is 0. The standard InChI is InChI=1S/C32H29ClN2O6S/c1-5-40-31(37)28-19(2)34-32-35(29(28)22-11-7-9-13-24(22)38-3)30(36)27(42-32)17-20-14-15-25(26(16-20)39-4)41-18-21-10-6-8-12-23(21)33/h6-17,29H,5,18H2,1-4H3/b27-17+/t29-/m1/s1. The number of nitrogens with zero attached hydrogens (tertiary/aromatic N) is 2. The minimum absolute atomic E-state index is 0.193. The molecule has 0 N–H and O–H groups in total. The lowest BCUT2D eigenvalue weighted by atomic mass is 9.95. The lowest BCUT2D eigenvalue weighted by Crippen LogP contribution is -2.40. The van der Waals surface area contributed by atoms with Crippen LogP contribution in [0.2, 0.25) is 5.02 Å². The second-order valence-corrected chi connectivity index (χ2v) is 10.8. The molecular formula is C32H29ClN2O6S. The third kappa shape index (κ3) is 5.70. The highest BCUT2D eigenvalue weighted by molar-refractivity contribution is 7.07. The van der Waals surface area contributed by atoms with E-state index >= 15 is 0 Å². The van der Waals surface area contributed by atoms with E-state index in [0.29, 0.717) is 48.4 Å². The summed E-state index contributed by atoms with van der Waals surface area (Å²) in [6.45, 7) is 3.96. The summed E-state index contributed by atoms with van der Waals surface area (Å²) in [6, 6.07) is 19.4. The highest BCUT2D eigenvalue weighted by Crippen LogP contribution is 2.36. The summed E-state index contributed by atoms with van der Waals surface area (Å²) >= 11 is 7.51. The lowest BCUT2D eigenvalue weighted by molar-refractivity contribution is -0.139. The zero-order valence-corrected chi connectivity index (χ0v) is 25.1. The Hall–Kier alpha value is -4.34. The molecule has 4 aromatic rings.